The van der Waals surface area contributed by atoms with Gasteiger partial charge in [0.15, 0.2) is 6.10 Å². The molecule has 2 aromatic rings. The SMILES string of the molecule is O=C(OC(Cc1ccc(O)c(Cl)c1)C(=O)N1CCN(C2CCOCC2)CC1)N1CCC(N2CCc3ccccc3NC2=O)CC1. The molecule has 6 rings (SSSR count). The zero-order valence-corrected chi connectivity index (χ0v) is 26.3. The van der Waals surface area contributed by atoms with Crippen LogP contribution in [0, 0.1) is 0 Å². The van der Waals surface area contributed by atoms with Gasteiger partial charge in [0.05, 0.1) is 5.02 Å². The fraction of sp³-hybridized carbons (Fsp3) is 0.545. The van der Waals surface area contributed by atoms with Gasteiger partial charge in [-0.25, -0.2) is 9.59 Å². The van der Waals surface area contributed by atoms with E-state index in [9.17, 15) is 19.5 Å². The summed E-state index contributed by atoms with van der Waals surface area (Å²) >= 11 is 6.16. The Hall–Kier alpha value is -3.54. The minimum atomic E-state index is -1.03. The molecule has 0 bridgehead atoms. The maximum Gasteiger partial charge on any atom is 0.410 e. The number of likely N-dealkylation sites (tertiary alicyclic amines) is 1. The van der Waals surface area contributed by atoms with Gasteiger partial charge >= 0.3 is 12.1 Å². The lowest BCUT2D eigenvalue weighted by Crippen LogP contribution is -2.56. The lowest BCUT2D eigenvalue weighted by molar-refractivity contribution is -0.143. The number of nitrogens with one attached hydrogen (secondary N) is 1. The van der Waals surface area contributed by atoms with E-state index in [2.05, 4.69) is 10.2 Å². The Morgan fingerprint density at radius 2 is 1.67 bits per heavy atom. The molecule has 2 N–H and O–H groups in total. The predicted molar refractivity (Wildman–Crippen MR) is 170 cm³/mol. The molecule has 4 heterocycles. The third-order valence-electron chi connectivity index (χ3n) is 9.59. The van der Waals surface area contributed by atoms with E-state index in [0.717, 1.165) is 56.8 Å². The number of hydrogen-bond acceptors (Lipinski definition) is 7. The Balaban J connectivity index is 1.07. The lowest BCUT2D eigenvalue weighted by atomic mass is 10.0. The lowest BCUT2D eigenvalue weighted by Gasteiger charge is -2.41. The number of piperidine rings is 1. The molecule has 4 aliphatic rings. The van der Waals surface area contributed by atoms with E-state index >= 15 is 0 Å². The van der Waals surface area contributed by atoms with Gasteiger partial charge in [0.1, 0.15) is 5.75 Å². The summed E-state index contributed by atoms with van der Waals surface area (Å²) in [5.74, 6) is -0.274. The number of benzene rings is 2. The second-order valence-corrected chi connectivity index (χ2v) is 12.7. The number of carbonyl (C=O) groups is 3. The minimum Gasteiger partial charge on any atom is -0.506 e. The quantitative estimate of drug-likeness (QED) is 0.492. The standard InChI is InChI=1S/C33H42ClN5O6/c34-27-21-23(5-6-29(27)40)22-30(31(41)37-17-15-36(16-18-37)25-10-19-44-20-11-25)45-33(43)38-12-8-26(9-13-38)39-14-7-24-3-1-2-4-28(24)35-32(39)42/h1-6,21,25-26,30,40H,7-20,22H2,(H,35,42). The van der Waals surface area contributed by atoms with E-state index in [1.165, 1.54) is 6.07 Å². The van der Waals surface area contributed by atoms with E-state index in [1.807, 2.05) is 29.2 Å². The van der Waals surface area contributed by atoms with Gasteiger partial charge in [-0.2, -0.15) is 0 Å². The molecule has 1 atom stereocenters. The van der Waals surface area contributed by atoms with Crippen LogP contribution in [0.2, 0.25) is 5.02 Å². The molecule has 3 fully saturated rings. The third kappa shape index (κ3) is 7.48. The molecule has 4 aliphatic heterocycles. The number of urea groups is 1. The van der Waals surface area contributed by atoms with Crippen LogP contribution < -0.4 is 5.32 Å². The van der Waals surface area contributed by atoms with Gasteiger partial charge in [-0.3, -0.25) is 9.69 Å². The third-order valence-corrected chi connectivity index (χ3v) is 9.89. The number of nitrogens with zero attached hydrogens (tertiary/aromatic N) is 4. The second-order valence-electron chi connectivity index (χ2n) is 12.3. The zero-order chi connectivity index (χ0) is 31.3. The molecule has 4 amide bonds. The second kappa shape index (κ2) is 14.3. The molecule has 12 heteroatoms. The van der Waals surface area contributed by atoms with Gasteiger partial charge in [-0.1, -0.05) is 35.9 Å². The van der Waals surface area contributed by atoms with Crippen molar-refractivity contribution < 1.29 is 29.0 Å². The van der Waals surface area contributed by atoms with E-state index in [0.29, 0.717) is 57.2 Å². The summed E-state index contributed by atoms with van der Waals surface area (Å²) in [6, 6.07) is 13.0. The molecule has 0 radical (unpaired) electrons. The van der Waals surface area contributed by atoms with Crippen molar-refractivity contribution in [3.05, 3.63) is 58.6 Å². The number of carbonyl (C=O) groups excluding carboxylic acids is 3. The van der Waals surface area contributed by atoms with Crippen LogP contribution in [0.25, 0.3) is 0 Å². The Morgan fingerprint density at radius 3 is 2.40 bits per heavy atom. The number of halogens is 1. The van der Waals surface area contributed by atoms with Crippen molar-refractivity contribution in [2.75, 3.05) is 64.3 Å². The van der Waals surface area contributed by atoms with Crippen molar-refractivity contribution in [3.63, 3.8) is 0 Å². The van der Waals surface area contributed by atoms with Gasteiger partial charge in [-0.15, -0.1) is 0 Å². The number of phenolic OH excluding ortho intramolecular Hbond substituents is 1. The summed E-state index contributed by atoms with van der Waals surface area (Å²) in [5, 5.41) is 13.1. The van der Waals surface area contributed by atoms with Crippen LogP contribution in [0.15, 0.2) is 42.5 Å². The van der Waals surface area contributed by atoms with Crippen molar-refractivity contribution in [1.29, 1.82) is 0 Å². The highest BCUT2D eigenvalue weighted by atomic mass is 35.5. The van der Waals surface area contributed by atoms with Crippen LogP contribution in [0.5, 0.6) is 5.75 Å². The smallest absolute Gasteiger partial charge is 0.410 e. The molecule has 3 saturated heterocycles. The summed E-state index contributed by atoms with van der Waals surface area (Å²) in [7, 11) is 0. The van der Waals surface area contributed by atoms with Gasteiger partial charge in [-0.05, 0) is 61.4 Å². The van der Waals surface area contributed by atoms with E-state index in [-0.39, 0.29) is 35.2 Å². The van der Waals surface area contributed by atoms with Gasteiger partial charge in [0.2, 0.25) is 0 Å². The Kier molecular flexibility index (Phi) is 9.97. The number of hydrogen-bond donors (Lipinski definition) is 2. The average Bonchev–Trinajstić information content (AvgIpc) is 3.24. The number of ether oxygens (including phenoxy) is 2. The first kappa shape index (κ1) is 31.4. The van der Waals surface area contributed by atoms with Crippen LogP contribution in [0.3, 0.4) is 0 Å². The number of aromatic hydroxyl groups is 1. The number of para-hydroxylation sites is 1. The average molecular weight is 640 g/mol. The summed E-state index contributed by atoms with van der Waals surface area (Å²) < 4.78 is 11.5. The van der Waals surface area contributed by atoms with Crippen molar-refractivity contribution in [2.45, 2.75) is 56.7 Å². The minimum absolute atomic E-state index is 0.00644. The fourth-order valence-corrected chi connectivity index (χ4v) is 7.13. The number of piperazine rings is 1. The maximum absolute atomic E-state index is 13.8. The van der Waals surface area contributed by atoms with Gasteiger partial charge in [0, 0.05) is 83.2 Å². The highest BCUT2D eigenvalue weighted by Crippen LogP contribution is 2.27. The molecule has 0 spiro atoms. The Bertz CT molecular complexity index is 1370. The molecular formula is C33H42ClN5O6. The van der Waals surface area contributed by atoms with E-state index in [4.69, 9.17) is 21.1 Å². The number of fused-ring (bicyclic) bond motifs is 1. The van der Waals surface area contributed by atoms with Gasteiger partial charge < -0.3 is 34.6 Å². The van der Waals surface area contributed by atoms with Crippen LogP contribution in [0.4, 0.5) is 15.3 Å². The largest absolute Gasteiger partial charge is 0.506 e. The molecule has 0 saturated carbocycles. The van der Waals surface area contributed by atoms with Crippen LogP contribution in [-0.2, 0) is 27.1 Å². The van der Waals surface area contributed by atoms with Crippen LogP contribution >= 0.6 is 11.6 Å². The first-order valence-corrected chi connectivity index (χ1v) is 16.4. The summed E-state index contributed by atoms with van der Waals surface area (Å²) in [4.78, 5) is 48.1. The number of amides is 4. The zero-order valence-electron chi connectivity index (χ0n) is 25.5. The molecule has 11 nitrogen and oxygen atoms in total. The predicted octanol–water partition coefficient (Wildman–Crippen LogP) is 3.97. The highest BCUT2D eigenvalue weighted by Gasteiger charge is 2.36. The molecule has 0 aliphatic carbocycles. The van der Waals surface area contributed by atoms with E-state index < -0.39 is 12.2 Å². The fourth-order valence-electron chi connectivity index (χ4n) is 6.93. The first-order chi connectivity index (χ1) is 21.9. The molecule has 45 heavy (non-hydrogen) atoms. The molecular weight excluding hydrogens is 598 g/mol. The summed E-state index contributed by atoms with van der Waals surface area (Å²) in [5.41, 5.74) is 2.66. The van der Waals surface area contributed by atoms with Crippen molar-refractivity contribution in [3.8, 4) is 5.75 Å². The molecule has 1 unspecified atom stereocenters. The monoisotopic (exact) mass is 639 g/mol. The topological polar surface area (TPSA) is 115 Å². The first-order valence-electron chi connectivity index (χ1n) is 16.0. The maximum atomic E-state index is 13.8. The van der Waals surface area contributed by atoms with Crippen molar-refractivity contribution in [2.24, 2.45) is 0 Å². The van der Waals surface area contributed by atoms with E-state index in [1.54, 1.807) is 21.9 Å². The van der Waals surface area contributed by atoms with Crippen LogP contribution in [0.1, 0.15) is 36.8 Å². The Labute approximate surface area is 269 Å². The normalized spacial score (nSPS) is 21.1. The number of rotatable bonds is 6. The molecule has 0 aromatic heterocycles. The highest BCUT2D eigenvalue weighted by molar-refractivity contribution is 6.32. The number of anilines is 1. The van der Waals surface area contributed by atoms with Crippen LogP contribution in [-0.4, -0.2) is 120 Å². The van der Waals surface area contributed by atoms with Crippen molar-refractivity contribution >= 4 is 35.3 Å². The molecule has 242 valence electrons. The van der Waals surface area contributed by atoms with Crippen molar-refractivity contribution in [1.82, 2.24) is 19.6 Å². The number of phenols is 1. The molecule has 2 aromatic carbocycles. The Morgan fingerprint density at radius 1 is 0.933 bits per heavy atom. The summed E-state index contributed by atoms with van der Waals surface area (Å²) in [6.07, 6.45) is 2.61. The van der Waals surface area contributed by atoms with Gasteiger partial charge in [0.25, 0.3) is 5.91 Å². The summed E-state index contributed by atoms with van der Waals surface area (Å²) in [6.45, 7) is 5.68.